The number of nitrogens with one attached hydrogen (secondary N) is 1. The van der Waals surface area contributed by atoms with Crippen molar-refractivity contribution in [1.82, 2.24) is 14.8 Å². The van der Waals surface area contributed by atoms with Gasteiger partial charge in [0.1, 0.15) is 22.6 Å². The van der Waals surface area contributed by atoms with E-state index in [9.17, 15) is 9.90 Å². The lowest BCUT2D eigenvalue weighted by Gasteiger charge is -2.16. The number of thiophene rings is 1. The summed E-state index contributed by atoms with van der Waals surface area (Å²) in [7, 11) is 1.65. The van der Waals surface area contributed by atoms with E-state index in [1.54, 1.807) is 25.4 Å². The molecule has 0 saturated carbocycles. The molecule has 1 aliphatic rings. The molecule has 36 heavy (non-hydrogen) atoms. The van der Waals surface area contributed by atoms with Crippen molar-refractivity contribution in [1.29, 1.82) is 0 Å². The number of hydrogen-bond donors (Lipinski definition) is 2. The monoisotopic (exact) mass is 501 g/mol. The maximum Gasteiger partial charge on any atom is 0.308 e. The van der Waals surface area contributed by atoms with E-state index >= 15 is 0 Å². The van der Waals surface area contributed by atoms with Gasteiger partial charge in [-0.3, -0.25) is 14.4 Å². The minimum atomic E-state index is -0.926. The smallest absolute Gasteiger partial charge is 0.308 e. The largest absolute Gasteiger partial charge is 0.495 e. The molecule has 2 atom stereocenters. The van der Waals surface area contributed by atoms with Gasteiger partial charge in [0.2, 0.25) is 0 Å². The SMILES string of the molecule is COc1ccccc1Nc1ccc(C2=NC([C@H](C)C(=O)O)c3nnc(C)n3-c3sc(C)c(C)c32)cc1. The molecule has 9 heteroatoms. The summed E-state index contributed by atoms with van der Waals surface area (Å²) < 4.78 is 7.42. The average molecular weight is 502 g/mol. The van der Waals surface area contributed by atoms with E-state index in [1.807, 2.05) is 60.0 Å². The van der Waals surface area contributed by atoms with Crippen LogP contribution < -0.4 is 10.1 Å². The van der Waals surface area contributed by atoms with E-state index in [4.69, 9.17) is 9.73 Å². The number of hydrogen-bond acceptors (Lipinski definition) is 7. The van der Waals surface area contributed by atoms with Gasteiger partial charge >= 0.3 is 5.97 Å². The number of ether oxygens (including phenoxy) is 1. The average Bonchev–Trinajstić information content (AvgIpc) is 3.34. The molecule has 2 N–H and O–H groups in total. The molecule has 0 amide bonds. The molecular weight excluding hydrogens is 474 g/mol. The van der Waals surface area contributed by atoms with E-state index < -0.39 is 17.9 Å². The first-order valence-electron chi connectivity index (χ1n) is 11.6. The number of carboxylic acid groups (broad SMARTS) is 1. The predicted octanol–water partition coefficient (Wildman–Crippen LogP) is 5.62. The fourth-order valence-corrected chi connectivity index (χ4v) is 5.65. The van der Waals surface area contributed by atoms with Crippen LogP contribution in [-0.4, -0.2) is 38.7 Å². The molecular formula is C27H27N5O3S. The number of carbonyl (C=O) groups is 1. The molecule has 0 radical (unpaired) electrons. The van der Waals surface area contributed by atoms with Gasteiger partial charge < -0.3 is 15.2 Å². The molecule has 0 fully saturated rings. The van der Waals surface area contributed by atoms with Crippen LogP contribution in [0.25, 0.3) is 5.00 Å². The lowest BCUT2D eigenvalue weighted by atomic mass is 9.98. The number of aromatic nitrogens is 3. The quantitative estimate of drug-likeness (QED) is 0.356. The minimum Gasteiger partial charge on any atom is -0.495 e. The molecule has 3 heterocycles. The van der Waals surface area contributed by atoms with Crippen LogP contribution in [0.4, 0.5) is 11.4 Å². The zero-order chi connectivity index (χ0) is 25.6. The van der Waals surface area contributed by atoms with Gasteiger partial charge in [-0.15, -0.1) is 21.5 Å². The molecule has 0 bridgehead atoms. The highest BCUT2D eigenvalue weighted by atomic mass is 32.1. The zero-order valence-corrected chi connectivity index (χ0v) is 21.6. The second-order valence-electron chi connectivity index (χ2n) is 8.86. The Bertz CT molecular complexity index is 1490. The normalized spacial score (nSPS) is 15.4. The van der Waals surface area contributed by atoms with E-state index in [-0.39, 0.29) is 0 Å². The fraction of sp³-hybridized carbons (Fsp3) is 0.259. The number of carboxylic acids is 1. The third-order valence-corrected chi connectivity index (χ3v) is 7.79. The molecule has 8 nitrogen and oxygen atoms in total. The van der Waals surface area contributed by atoms with Gasteiger partial charge in [0.05, 0.1) is 24.4 Å². The third kappa shape index (κ3) is 3.95. The van der Waals surface area contributed by atoms with E-state index in [0.29, 0.717) is 11.6 Å². The molecule has 2 aromatic carbocycles. The van der Waals surface area contributed by atoms with Crippen molar-refractivity contribution in [3.63, 3.8) is 0 Å². The van der Waals surface area contributed by atoms with Crippen molar-refractivity contribution in [3.05, 3.63) is 81.7 Å². The molecule has 5 rings (SSSR count). The van der Waals surface area contributed by atoms with Crippen LogP contribution in [0, 0.1) is 26.7 Å². The van der Waals surface area contributed by atoms with Crippen LogP contribution in [0.2, 0.25) is 0 Å². The first kappa shape index (κ1) is 23.7. The number of para-hydroxylation sites is 2. The molecule has 2 aromatic heterocycles. The Balaban J connectivity index is 1.63. The predicted molar refractivity (Wildman–Crippen MR) is 141 cm³/mol. The van der Waals surface area contributed by atoms with E-state index in [1.165, 1.54) is 4.88 Å². The highest BCUT2D eigenvalue weighted by molar-refractivity contribution is 7.15. The van der Waals surface area contributed by atoms with Gasteiger partial charge in [0.25, 0.3) is 0 Å². The van der Waals surface area contributed by atoms with Crippen molar-refractivity contribution >= 4 is 34.4 Å². The lowest BCUT2D eigenvalue weighted by molar-refractivity contribution is -0.141. The second kappa shape index (κ2) is 9.23. The van der Waals surface area contributed by atoms with Crippen LogP contribution in [0.1, 0.15) is 46.2 Å². The molecule has 184 valence electrons. The van der Waals surface area contributed by atoms with Crippen LogP contribution in [0.15, 0.2) is 53.5 Å². The summed E-state index contributed by atoms with van der Waals surface area (Å²) >= 11 is 1.65. The summed E-state index contributed by atoms with van der Waals surface area (Å²) in [5.41, 5.74) is 5.55. The summed E-state index contributed by atoms with van der Waals surface area (Å²) in [5, 5.41) is 22.9. The fourth-order valence-electron chi connectivity index (χ4n) is 4.43. The Labute approximate surface area is 213 Å². The van der Waals surface area contributed by atoms with Crippen molar-refractivity contribution in [2.45, 2.75) is 33.7 Å². The molecule has 0 saturated heterocycles. The second-order valence-corrected chi connectivity index (χ2v) is 10.1. The van der Waals surface area contributed by atoms with Gasteiger partial charge in [-0.1, -0.05) is 24.3 Å². The van der Waals surface area contributed by atoms with Crippen molar-refractivity contribution in [2.24, 2.45) is 10.9 Å². The topological polar surface area (TPSA) is 102 Å². The number of nitrogens with zero attached hydrogens (tertiary/aromatic N) is 4. The van der Waals surface area contributed by atoms with Crippen molar-refractivity contribution in [2.75, 3.05) is 12.4 Å². The van der Waals surface area contributed by atoms with Crippen LogP contribution >= 0.6 is 11.3 Å². The number of fused-ring (bicyclic) bond motifs is 3. The van der Waals surface area contributed by atoms with Gasteiger partial charge in [-0.2, -0.15) is 0 Å². The Morgan fingerprint density at radius 1 is 1.11 bits per heavy atom. The summed E-state index contributed by atoms with van der Waals surface area (Å²) in [4.78, 5) is 18.3. The number of aliphatic carboxylic acids is 1. The van der Waals surface area contributed by atoms with Gasteiger partial charge in [0, 0.05) is 21.7 Å². The Morgan fingerprint density at radius 3 is 2.53 bits per heavy atom. The summed E-state index contributed by atoms with van der Waals surface area (Å²) in [6.07, 6.45) is 0. The zero-order valence-electron chi connectivity index (χ0n) is 20.7. The van der Waals surface area contributed by atoms with Gasteiger partial charge in [-0.05, 0) is 57.5 Å². The molecule has 4 aromatic rings. The summed E-state index contributed by atoms with van der Waals surface area (Å²) in [6.45, 7) is 7.72. The number of benzene rings is 2. The molecule has 1 aliphatic heterocycles. The standard InChI is InChI=1S/C27H27N5O3S/c1-14-16(3)36-26-22(14)24(29-23(15(2)27(33)34)25-31-30-17(4)32(25)26)18-10-12-19(13-11-18)28-20-8-6-7-9-21(20)35-5/h6-13,15,23,28H,1-5H3,(H,33,34)/t15-,23?/m0/s1. The summed E-state index contributed by atoms with van der Waals surface area (Å²) in [5.74, 6) is 0.318. The number of methoxy groups -OCH3 is 1. The first-order valence-corrected chi connectivity index (χ1v) is 12.5. The molecule has 1 unspecified atom stereocenters. The number of rotatable bonds is 6. The highest BCUT2D eigenvalue weighted by Crippen LogP contribution is 2.40. The Kier molecular flexibility index (Phi) is 6.09. The van der Waals surface area contributed by atoms with Gasteiger partial charge in [0.15, 0.2) is 5.82 Å². The van der Waals surface area contributed by atoms with E-state index in [0.717, 1.165) is 44.5 Å². The summed E-state index contributed by atoms with van der Waals surface area (Å²) in [6, 6.07) is 15.1. The molecule has 0 spiro atoms. The van der Waals surface area contributed by atoms with Crippen LogP contribution in [-0.2, 0) is 4.79 Å². The lowest BCUT2D eigenvalue weighted by Crippen LogP contribution is -2.21. The van der Waals surface area contributed by atoms with E-state index in [2.05, 4.69) is 29.4 Å². The number of anilines is 2. The number of aryl methyl sites for hydroxylation is 2. The minimum absolute atomic E-state index is 0.550. The van der Waals surface area contributed by atoms with Crippen LogP contribution in [0.3, 0.4) is 0 Å². The highest BCUT2D eigenvalue weighted by Gasteiger charge is 2.36. The Hall–Kier alpha value is -3.98. The maximum absolute atomic E-state index is 12.0. The third-order valence-electron chi connectivity index (χ3n) is 6.60. The van der Waals surface area contributed by atoms with Crippen molar-refractivity contribution in [3.8, 4) is 10.8 Å². The maximum atomic E-state index is 12.0. The molecule has 0 aliphatic carbocycles. The first-order chi connectivity index (χ1) is 17.3. The number of aliphatic imine (C=N–C) groups is 1. The van der Waals surface area contributed by atoms with Crippen LogP contribution in [0.5, 0.6) is 5.75 Å². The van der Waals surface area contributed by atoms with Crippen molar-refractivity contribution < 1.29 is 14.6 Å². The Morgan fingerprint density at radius 2 is 1.83 bits per heavy atom. The van der Waals surface area contributed by atoms with Gasteiger partial charge in [-0.25, -0.2) is 0 Å².